The lowest BCUT2D eigenvalue weighted by molar-refractivity contribution is -0.0396. The van der Waals surface area contributed by atoms with Crippen LogP contribution < -0.4 is 0 Å². The van der Waals surface area contributed by atoms with E-state index in [0.717, 1.165) is 11.6 Å². The minimum atomic E-state index is -0.784. The van der Waals surface area contributed by atoms with Crippen LogP contribution in [0, 0.1) is 11.6 Å². The molecule has 0 fully saturated rings. The quantitative estimate of drug-likeness (QED) is 0.184. The molecule has 8 heteroatoms. The molecule has 174 valence electrons. The number of ether oxygens (including phenoxy) is 3. The third kappa shape index (κ3) is 4.73. The number of halogens is 2. The lowest BCUT2D eigenvalue weighted by Gasteiger charge is -2.13. The lowest BCUT2D eigenvalue weighted by atomic mass is 9.96. The van der Waals surface area contributed by atoms with Crippen LogP contribution in [0.3, 0.4) is 0 Å². The van der Waals surface area contributed by atoms with E-state index in [9.17, 15) is 9.18 Å². The number of esters is 1. The van der Waals surface area contributed by atoms with Crippen LogP contribution in [0.2, 0.25) is 0 Å². The third-order valence-electron chi connectivity index (χ3n) is 5.22. The van der Waals surface area contributed by atoms with Gasteiger partial charge in [-0.15, -0.1) is 0 Å². The fraction of sp³-hybridized carbons (Fsp3) is 0.154. The highest BCUT2D eigenvalue weighted by atomic mass is 19.1. The Morgan fingerprint density at radius 1 is 0.941 bits per heavy atom. The first-order valence-corrected chi connectivity index (χ1v) is 10.3. The molecule has 0 saturated heterocycles. The molecule has 0 unspecified atom stereocenters. The second-order valence-electron chi connectivity index (χ2n) is 7.34. The van der Waals surface area contributed by atoms with Crippen molar-refractivity contribution in [1.29, 1.82) is 0 Å². The van der Waals surface area contributed by atoms with Crippen molar-refractivity contribution in [2.45, 2.75) is 6.61 Å². The number of benzene rings is 3. The largest absolute Gasteiger partial charge is 0.465 e. The number of rotatable bonds is 8. The second-order valence-corrected chi connectivity index (χ2v) is 7.34. The molecule has 0 N–H and O–H groups in total. The Balaban J connectivity index is 1.71. The summed E-state index contributed by atoms with van der Waals surface area (Å²) in [6.45, 7) is -0.00355. The van der Waals surface area contributed by atoms with Crippen molar-refractivity contribution >= 4 is 5.97 Å². The van der Waals surface area contributed by atoms with Gasteiger partial charge in [0, 0.05) is 24.3 Å². The van der Waals surface area contributed by atoms with Crippen molar-refractivity contribution in [2.75, 3.05) is 21.0 Å². The van der Waals surface area contributed by atoms with Crippen LogP contribution in [-0.2, 0) is 20.8 Å². The summed E-state index contributed by atoms with van der Waals surface area (Å²) in [5.74, 6) is -1.90. The first-order chi connectivity index (χ1) is 16.5. The zero-order valence-corrected chi connectivity index (χ0v) is 18.5. The van der Waals surface area contributed by atoms with Gasteiger partial charge < -0.3 is 18.7 Å². The van der Waals surface area contributed by atoms with Crippen LogP contribution in [0.25, 0.3) is 33.7 Å². The van der Waals surface area contributed by atoms with Gasteiger partial charge in [-0.2, -0.15) is 0 Å². The van der Waals surface area contributed by atoms with Crippen LogP contribution in [0.1, 0.15) is 15.9 Å². The smallest absolute Gasteiger partial charge is 0.340 e. The standard InChI is InChI=1S/C26H21F2NO5/c1-31-15-33-14-21-18(16-6-4-3-5-7-16)10-11-20(25(21)28)24-13-23(29-34-24)17-8-9-19(22(27)12-17)26(30)32-2/h3-13H,14-15H2,1-2H3. The second kappa shape index (κ2) is 10.4. The third-order valence-corrected chi connectivity index (χ3v) is 5.22. The van der Waals surface area contributed by atoms with Crippen LogP contribution in [-0.4, -0.2) is 32.1 Å². The van der Waals surface area contributed by atoms with Crippen LogP contribution >= 0.6 is 0 Å². The average Bonchev–Trinajstić information content (AvgIpc) is 3.35. The molecular weight excluding hydrogens is 444 g/mol. The van der Waals surface area contributed by atoms with Gasteiger partial charge in [0.05, 0.1) is 24.8 Å². The van der Waals surface area contributed by atoms with E-state index in [4.69, 9.17) is 14.0 Å². The molecule has 4 aromatic rings. The Labute approximate surface area is 194 Å². The fourth-order valence-corrected chi connectivity index (χ4v) is 3.56. The molecule has 0 radical (unpaired) electrons. The highest BCUT2D eigenvalue weighted by molar-refractivity contribution is 5.90. The molecule has 0 spiro atoms. The number of carbonyl (C=O) groups excluding carboxylic acids is 1. The molecule has 1 heterocycles. The Morgan fingerprint density at radius 3 is 2.41 bits per heavy atom. The maximum atomic E-state index is 15.7. The highest BCUT2D eigenvalue weighted by Crippen LogP contribution is 2.35. The van der Waals surface area contributed by atoms with E-state index in [2.05, 4.69) is 9.89 Å². The molecule has 0 bridgehead atoms. The van der Waals surface area contributed by atoms with Gasteiger partial charge in [0.2, 0.25) is 0 Å². The van der Waals surface area contributed by atoms with E-state index in [0.29, 0.717) is 16.7 Å². The zero-order valence-electron chi connectivity index (χ0n) is 18.5. The van der Waals surface area contributed by atoms with E-state index in [1.54, 1.807) is 12.1 Å². The Morgan fingerprint density at radius 2 is 1.71 bits per heavy atom. The number of nitrogens with zero attached hydrogens (tertiary/aromatic N) is 1. The first kappa shape index (κ1) is 23.3. The van der Waals surface area contributed by atoms with Crippen molar-refractivity contribution in [3.63, 3.8) is 0 Å². The van der Waals surface area contributed by atoms with Gasteiger partial charge in [0.25, 0.3) is 0 Å². The van der Waals surface area contributed by atoms with E-state index in [-0.39, 0.29) is 36.0 Å². The van der Waals surface area contributed by atoms with E-state index < -0.39 is 17.6 Å². The summed E-state index contributed by atoms with van der Waals surface area (Å²) in [6, 6.07) is 18.2. The van der Waals surface area contributed by atoms with Crippen LogP contribution in [0.4, 0.5) is 8.78 Å². The lowest BCUT2D eigenvalue weighted by Crippen LogP contribution is -2.04. The van der Waals surface area contributed by atoms with Gasteiger partial charge in [-0.1, -0.05) is 47.6 Å². The summed E-state index contributed by atoms with van der Waals surface area (Å²) in [6.07, 6.45) is 0. The van der Waals surface area contributed by atoms with Gasteiger partial charge in [0.15, 0.2) is 5.76 Å². The molecule has 0 aliphatic carbocycles. The Hall–Kier alpha value is -3.88. The number of carbonyl (C=O) groups is 1. The first-order valence-electron chi connectivity index (χ1n) is 10.3. The monoisotopic (exact) mass is 465 g/mol. The minimum Gasteiger partial charge on any atom is -0.465 e. The van der Waals surface area contributed by atoms with Gasteiger partial charge in [-0.3, -0.25) is 0 Å². The van der Waals surface area contributed by atoms with Crippen molar-refractivity contribution in [3.8, 4) is 33.7 Å². The van der Waals surface area contributed by atoms with Crippen LogP contribution in [0.15, 0.2) is 71.3 Å². The number of aromatic nitrogens is 1. The predicted octanol–water partition coefficient (Wildman–Crippen LogP) is 5.86. The molecule has 34 heavy (non-hydrogen) atoms. The van der Waals surface area contributed by atoms with Gasteiger partial charge in [0.1, 0.15) is 24.1 Å². The fourth-order valence-electron chi connectivity index (χ4n) is 3.56. The summed E-state index contributed by atoms with van der Waals surface area (Å²) in [5, 5.41) is 3.95. The summed E-state index contributed by atoms with van der Waals surface area (Å²) in [5.41, 5.74) is 2.49. The topological polar surface area (TPSA) is 70.8 Å². The van der Waals surface area contributed by atoms with E-state index in [1.807, 2.05) is 30.3 Å². The summed E-state index contributed by atoms with van der Waals surface area (Å²) in [7, 11) is 2.66. The number of methoxy groups -OCH3 is 2. The molecule has 0 aliphatic rings. The Kier molecular flexibility index (Phi) is 7.10. The SMILES string of the molecule is COCOCc1c(-c2ccccc2)ccc(-c2cc(-c3ccc(C(=O)OC)c(F)c3)no2)c1F. The number of hydrogen-bond acceptors (Lipinski definition) is 6. The van der Waals surface area contributed by atoms with E-state index in [1.165, 1.54) is 32.4 Å². The number of hydrogen-bond donors (Lipinski definition) is 0. The highest BCUT2D eigenvalue weighted by Gasteiger charge is 2.20. The molecule has 0 aliphatic heterocycles. The maximum Gasteiger partial charge on any atom is 0.340 e. The summed E-state index contributed by atoms with van der Waals surface area (Å²) >= 11 is 0. The van der Waals surface area contributed by atoms with Crippen molar-refractivity contribution in [1.82, 2.24) is 5.16 Å². The summed E-state index contributed by atoms with van der Waals surface area (Å²) in [4.78, 5) is 11.6. The molecule has 3 aromatic carbocycles. The Bertz CT molecular complexity index is 1300. The molecule has 1 aromatic heterocycles. The predicted molar refractivity (Wildman–Crippen MR) is 121 cm³/mol. The van der Waals surface area contributed by atoms with Crippen molar-refractivity contribution < 1.29 is 32.3 Å². The molecule has 0 atom stereocenters. The molecular formula is C26H21F2NO5. The van der Waals surface area contributed by atoms with Gasteiger partial charge >= 0.3 is 5.97 Å². The molecule has 0 amide bonds. The maximum absolute atomic E-state index is 15.7. The minimum absolute atomic E-state index is 0.0114. The van der Waals surface area contributed by atoms with Gasteiger partial charge in [-0.25, -0.2) is 13.6 Å². The molecule has 0 saturated carbocycles. The van der Waals surface area contributed by atoms with Crippen molar-refractivity contribution in [3.05, 3.63) is 89.5 Å². The van der Waals surface area contributed by atoms with Gasteiger partial charge in [-0.05, 0) is 29.3 Å². The van der Waals surface area contributed by atoms with Crippen molar-refractivity contribution in [2.24, 2.45) is 0 Å². The zero-order chi connectivity index (χ0) is 24.1. The normalized spacial score (nSPS) is 10.9. The molecule has 6 nitrogen and oxygen atoms in total. The molecule has 4 rings (SSSR count). The van der Waals surface area contributed by atoms with E-state index >= 15 is 4.39 Å². The van der Waals surface area contributed by atoms with Crippen LogP contribution in [0.5, 0.6) is 0 Å². The summed E-state index contributed by atoms with van der Waals surface area (Å²) < 4.78 is 50.3. The average molecular weight is 465 g/mol.